The monoisotopic (exact) mass is 456 g/mol. The number of ether oxygens (including phenoxy) is 1. The molecule has 0 radical (unpaired) electrons. The third kappa shape index (κ3) is 4.18. The fraction of sp³-hybridized carbons (Fsp3) is 0.429. The molecule has 1 atom stereocenters. The fourth-order valence-electron chi connectivity index (χ4n) is 2.31. The zero-order valence-electron chi connectivity index (χ0n) is 14.0. The normalized spacial score (nSPS) is 13.7. The van der Waals surface area contributed by atoms with Crippen LogP contribution < -0.4 is 9.46 Å². The summed E-state index contributed by atoms with van der Waals surface area (Å²) in [6.45, 7) is 3.73. The summed E-state index contributed by atoms with van der Waals surface area (Å²) in [7, 11) is -2.82. The van der Waals surface area contributed by atoms with Gasteiger partial charge in [0.15, 0.2) is 5.82 Å². The molecule has 0 aliphatic heterocycles. The van der Waals surface area contributed by atoms with Crippen LogP contribution in [0.2, 0.25) is 0 Å². The highest BCUT2D eigenvalue weighted by Gasteiger charge is 2.34. The standard InChI is InChI=1S/C14H16BrF3N4O3S/c1-4-22-12(19-20-13(22)25-3)8(2)21-26(23,24)9-5-6-11(15)10(7-9)14(16,17)18/h5-8,21H,4H2,1-3H3/t8-/m1/s1. The zero-order chi connectivity index (χ0) is 19.7. The Bertz CT molecular complexity index is 899. The second-order valence-corrected chi connectivity index (χ2v) is 7.84. The summed E-state index contributed by atoms with van der Waals surface area (Å²) in [5.74, 6) is 0.279. The molecule has 1 N–H and O–H groups in total. The van der Waals surface area contributed by atoms with Gasteiger partial charge in [-0.25, -0.2) is 13.1 Å². The van der Waals surface area contributed by atoms with Crippen LogP contribution in [0.5, 0.6) is 6.01 Å². The molecule has 0 amide bonds. The highest BCUT2D eigenvalue weighted by Crippen LogP contribution is 2.36. The number of rotatable bonds is 6. The van der Waals surface area contributed by atoms with Gasteiger partial charge in [0, 0.05) is 11.0 Å². The first-order valence-corrected chi connectivity index (χ1v) is 9.65. The van der Waals surface area contributed by atoms with E-state index in [1.54, 1.807) is 11.5 Å². The summed E-state index contributed by atoms with van der Waals surface area (Å²) in [6.07, 6.45) is -4.69. The molecule has 26 heavy (non-hydrogen) atoms. The minimum absolute atomic E-state index is 0.205. The van der Waals surface area contributed by atoms with Crippen molar-refractivity contribution in [2.24, 2.45) is 0 Å². The number of methoxy groups -OCH3 is 1. The van der Waals surface area contributed by atoms with Gasteiger partial charge in [-0.1, -0.05) is 21.0 Å². The van der Waals surface area contributed by atoms with Crippen molar-refractivity contribution >= 4 is 26.0 Å². The second kappa shape index (κ2) is 7.53. The lowest BCUT2D eigenvalue weighted by molar-refractivity contribution is -0.138. The maximum atomic E-state index is 13.0. The molecule has 1 aromatic carbocycles. The molecule has 144 valence electrons. The molecule has 7 nitrogen and oxygen atoms in total. The van der Waals surface area contributed by atoms with E-state index in [2.05, 4.69) is 30.8 Å². The molecule has 0 fully saturated rings. The van der Waals surface area contributed by atoms with Crippen LogP contribution in [-0.2, 0) is 22.7 Å². The summed E-state index contributed by atoms with van der Waals surface area (Å²) >= 11 is 2.78. The molecule has 0 aliphatic rings. The van der Waals surface area contributed by atoms with Crippen molar-refractivity contribution < 1.29 is 26.3 Å². The van der Waals surface area contributed by atoms with E-state index in [1.165, 1.54) is 14.0 Å². The third-order valence-electron chi connectivity index (χ3n) is 3.52. The maximum Gasteiger partial charge on any atom is 0.417 e. The van der Waals surface area contributed by atoms with E-state index in [4.69, 9.17) is 4.74 Å². The Morgan fingerprint density at radius 3 is 2.54 bits per heavy atom. The highest BCUT2D eigenvalue weighted by molar-refractivity contribution is 9.10. The van der Waals surface area contributed by atoms with Gasteiger partial charge in [-0.2, -0.15) is 13.2 Å². The Labute approximate surface area is 156 Å². The Morgan fingerprint density at radius 1 is 1.35 bits per heavy atom. The quantitative estimate of drug-likeness (QED) is 0.721. The zero-order valence-corrected chi connectivity index (χ0v) is 16.4. The summed E-state index contributed by atoms with van der Waals surface area (Å²) in [5.41, 5.74) is -1.08. The summed E-state index contributed by atoms with van der Waals surface area (Å²) < 4.78 is 72.7. The maximum absolute atomic E-state index is 13.0. The number of aromatic nitrogens is 3. The predicted molar refractivity (Wildman–Crippen MR) is 90.1 cm³/mol. The lowest BCUT2D eigenvalue weighted by Gasteiger charge is -2.16. The number of alkyl halides is 3. The van der Waals surface area contributed by atoms with Gasteiger partial charge in [0.2, 0.25) is 10.0 Å². The highest BCUT2D eigenvalue weighted by atomic mass is 79.9. The number of hydrogen-bond acceptors (Lipinski definition) is 5. The number of benzene rings is 1. The van der Waals surface area contributed by atoms with Crippen molar-refractivity contribution in [3.8, 4) is 6.01 Å². The molecule has 0 saturated heterocycles. The number of sulfonamides is 1. The molecule has 0 unspecified atom stereocenters. The van der Waals surface area contributed by atoms with Gasteiger partial charge in [-0.15, -0.1) is 5.10 Å². The lowest BCUT2D eigenvalue weighted by Crippen LogP contribution is -2.29. The topological polar surface area (TPSA) is 86.1 Å². The lowest BCUT2D eigenvalue weighted by atomic mass is 10.2. The number of hydrogen-bond donors (Lipinski definition) is 1. The van der Waals surface area contributed by atoms with E-state index in [-0.39, 0.29) is 16.3 Å². The van der Waals surface area contributed by atoms with Crippen LogP contribution in [0.25, 0.3) is 0 Å². The van der Waals surface area contributed by atoms with E-state index < -0.39 is 32.7 Å². The van der Waals surface area contributed by atoms with Crippen LogP contribution in [0, 0.1) is 0 Å². The number of nitrogens with zero attached hydrogens (tertiary/aromatic N) is 3. The molecule has 12 heteroatoms. The molecule has 0 aliphatic carbocycles. The predicted octanol–water partition coefficient (Wildman–Crippen LogP) is 3.13. The van der Waals surface area contributed by atoms with Crippen LogP contribution in [0.4, 0.5) is 13.2 Å². The average molecular weight is 457 g/mol. The minimum atomic E-state index is -4.69. The molecule has 2 rings (SSSR count). The van der Waals surface area contributed by atoms with Gasteiger partial charge in [0.1, 0.15) is 0 Å². The van der Waals surface area contributed by atoms with Crippen molar-refractivity contribution in [1.29, 1.82) is 0 Å². The van der Waals surface area contributed by atoms with Crippen molar-refractivity contribution in [3.63, 3.8) is 0 Å². The van der Waals surface area contributed by atoms with Crippen LogP contribution >= 0.6 is 15.9 Å². The second-order valence-electron chi connectivity index (χ2n) is 5.27. The number of halogens is 4. The molecular formula is C14H16BrF3N4O3S. The molecule has 2 aromatic rings. The first-order valence-electron chi connectivity index (χ1n) is 7.37. The number of nitrogens with one attached hydrogen (secondary N) is 1. The van der Waals surface area contributed by atoms with Crippen LogP contribution in [0.15, 0.2) is 27.6 Å². The average Bonchev–Trinajstić information content (AvgIpc) is 2.96. The molecular weight excluding hydrogens is 441 g/mol. The van der Waals surface area contributed by atoms with Crippen LogP contribution in [-0.4, -0.2) is 30.3 Å². The summed E-state index contributed by atoms with van der Waals surface area (Å²) in [5, 5.41) is 7.67. The van der Waals surface area contributed by atoms with E-state index in [9.17, 15) is 21.6 Å². The van der Waals surface area contributed by atoms with Gasteiger partial charge in [0.05, 0.1) is 23.6 Å². The van der Waals surface area contributed by atoms with E-state index >= 15 is 0 Å². The van der Waals surface area contributed by atoms with Gasteiger partial charge in [0.25, 0.3) is 0 Å². The largest absolute Gasteiger partial charge is 0.467 e. The summed E-state index contributed by atoms with van der Waals surface area (Å²) in [6, 6.07) is 2.06. The molecule has 0 bridgehead atoms. The van der Waals surface area contributed by atoms with Crippen LogP contribution in [0.1, 0.15) is 31.3 Å². The Morgan fingerprint density at radius 2 is 2.00 bits per heavy atom. The van der Waals surface area contributed by atoms with E-state index in [0.717, 1.165) is 12.1 Å². The van der Waals surface area contributed by atoms with Crippen molar-refractivity contribution in [1.82, 2.24) is 19.5 Å². The Kier molecular flexibility index (Phi) is 5.98. The van der Waals surface area contributed by atoms with Gasteiger partial charge >= 0.3 is 12.2 Å². The van der Waals surface area contributed by atoms with Crippen LogP contribution in [0.3, 0.4) is 0 Å². The SMILES string of the molecule is CCn1c(OC)nnc1[C@@H](C)NS(=O)(=O)c1ccc(Br)c(C(F)(F)F)c1. The minimum Gasteiger partial charge on any atom is -0.467 e. The van der Waals surface area contributed by atoms with Gasteiger partial charge in [-0.3, -0.25) is 4.57 Å². The summed E-state index contributed by atoms with van der Waals surface area (Å²) in [4.78, 5) is -0.505. The van der Waals surface area contributed by atoms with E-state index in [0.29, 0.717) is 12.6 Å². The smallest absolute Gasteiger partial charge is 0.417 e. The van der Waals surface area contributed by atoms with Gasteiger partial charge in [-0.05, 0) is 32.0 Å². The first kappa shape index (κ1) is 20.6. The van der Waals surface area contributed by atoms with Crippen molar-refractivity contribution in [2.45, 2.75) is 37.5 Å². The first-order chi connectivity index (χ1) is 12.0. The molecule has 1 heterocycles. The molecule has 0 saturated carbocycles. The fourth-order valence-corrected chi connectivity index (χ4v) is 4.01. The molecule has 1 aromatic heterocycles. The Hall–Kier alpha value is -1.66. The van der Waals surface area contributed by atoms with Crippen molar-refractivity contribution in [2.75, 3.05) is 7.11 Å². The van der Waals surface area contributed by atoms with Crippen molar-refractivity contribution in [3.05, 3.63) is 34.1 Å². The van der Waals surface area contributed by atoms with E-state index in [1.807, 2.05) is 0 Å². The third-order valence-corrected chi connectivity index (χ3v) is 5.75. The van der Waals surface area contributed by atoms with Gasteiger partial charge < -0.3 is 4.74 Å². The Balaban J connectivity index is 2.36. The molecule has 0 spiro atoms.